The van der Waals surface area contributed by atoms with Crippen LogP contribution >= 0.6 is 11.3 Å². The molecule has 57 heavy (non-hydrogen) atoms. The molecule has 3 amide bonds. The lowest BCUT2D eigenvalue weighted by atomic mass is 10.0. The van der Waals surface area contributed by atoms with Crippen LogP contribution in [0.5, 0.6) is 0 Å². The number of benzene rings is 3. The van der Waals surface area contributed by atoms with Crippen LogP contribution in [0, 0.1) is 0 Å². The minimum Gasteiger partial charge on any atom is -0.453 e. The molecular formula is C44H46N8O4S. The number of aromatic amines is 2. The lowest BCUT2D eigenvalue weighted by Gasteiger charge is -2.31. The summed E-state index contributed by atoms with van der Waals surface area (Å²) < 4.78 is 4.83. The van der Waals surface area contributed by atoms with Gasteiger partial charge in [-0.3, -0.25) is 14.5 Å². The third-order valence-corrected chi connectivity index (χ3v) is 11.8. The molecule has 3 aromatic heterocycles. The predicted molar refractivity (Wildman–Crippen MR) is 220 cm³/mol. The van der Waals surface area contributed by atoms with E-state index >= 15 is 0 Å². The maximum absolute atomic E-state index is 13.9. The van der Waals surface area contributed by atoms with Crippen LogP contribution in [0.3, 0.4) is 0 Å². The third-order valence-electron chi connectivity index (χ3n) is 11.1. The minimum absolute atomic E-state index is 0.0852. The first-order valence-corrected chi connectivity index (χ1v) is 20.2. The van der Waals surface area contributed by atoms with Gasteiger partial charge in [0.05, 0.1) is 43.0 Å². The van der Waals surface area contributed by atoms with E-state index in [0.29, 0.717) is 17.9 Å². The molecule has 4 atom stereocenters. The van der Waals surface area contributed by atoms with Crippen LogP contribution in [0.2, 0.25) is 0 Å². The second-order valence-corrected chi connectivity index (χ2v) is 15.6. The molecule has 2 aliphatic heterocycles. The van der Waals surface area contributed by atoms with Crippen LogP contribution in [-0.2, 0) is 14.3 Å². The van der Waals surface area contributed by atoms with Crippen molar-refractivity contribution in [3.05, 3.63) is 131 Å². The number of amides is 3. The molecular weight excluding hydrogens is 737 g/mol. The van der Waals surface area contributed by atoms with E-state index in [1.54, 1.807) is 16.2 Å². The smallest absolute Gasteiger partial charge is 0.407 e. The lowest BCUT2D eigenvalue weighted by Crippen LogP contribution is -2.42. The number of carbonyl (C=O) groups excluding carboxylic acids is 3. The number of aromatic nitrogens is 4. The molecule has 292 valence electrons. The summed E-state index contributed by atoms with van der Waals surface area (Å²) >= 11 is 1.61. The van der Waals surface area contributed by atoms with Crippen LogP contribution in [0.1, 0.15) is 72.6 Å². The van der Waals surface area contributed by atoms with Gasteiger partial charge in [-0.1, -0.05) is 78.9 Å². The summed E-state index contributed by atoms with van der Waals surface area (Å²) in [6.45, 7) is 1.28. The monoisotopic (exact) mass is 782 g/mol. The van der Waals surface area contributed by atoms with Gasteiger partial charge in [-0.25, -0.2) is 14.8 Å². The highest BCUT2D eigenvalue weighted by Gasteiger charge is 2.38. The molecule has 2 saturated heterocycles. The Labute approximate surface area is 335 Å². The number of methoxy groups -OCH3 is 1. The topological polar surface area (TPSA) is 140 Å². The molecule has 0 bridgehead atoms. The quantitative estimate of drug-likeness (QED) is 0.121. The van der Waals surface area contributed by atoms with E-state index in [0.717, 1.165) is 77.3 Å². The molecule has 0 radical (unpaired) electrons. The largest absolute Gasteiger partial charge is 0.453 e. The molecule has 1 unspecified atom stereocenters. The number of likely N-dealkylation sites (tertiary alicyclic amines) is 2. The number of nitrogens with zero attached hydrogens (tertiary/aromatic N) is 5. The van der Waals surface area contributed by atoms with Gasteiger partial charge in [0.15, 0.2) is 0 Å². The molecule has 3 aromatic carbocycles. The van der Waals surface area contributed by atoms with Crippen LogP contribution in [0.4, 0.5) is 4.79 Å². The number of hydrogen-bond acceptors (Lipinski definition) is 8. The Kier molecular flexibility index (Phi) is 11.0. The molecule has 0 aliphatic carbocycles. The van der Waals surface area contributed by atoms with Crippen LogP contribution in [-0.4, -0.2) is 86.8 Å². The van der Waals surface area contributed by atoms with Gasteiger partial charge < -0.3 is 29.8 Å². The lowest BCUT2D eigenvalue weighted by molar-refractivity contribution is -0.137. The van der Waals surface area contributed by atoms with Crippen molar-refractivity contribution in [2.45, 2.75) is 49.9 Å². The Hall–Kier alpha value is -6.05. The van der Waals surface area contributed by atoms with Gasteiger partial charge in [0.25, 0.3) is 5.91 Å². The first-order valence-electron chi connectivity index (χ1n) is 19.3. The Morgan fingerprint density at radius 1 is 0.737 bits per heavy atom. The fraction of sp³-hybridized carbons (Fsp3) is 0.295. The van der Waals surface area contributed by atoms with E-state index in [-0.39, 0.29) is 29.9 Å². The Balaban J connectivity index is 0.929. The summed E-state index contributed by atoms with van der Waals surface area (Å²) in [7, 11) is 5.20. The van der Waals surface area contributed by atoms with E-state index in [1.807, 2.05) is 78.1 Å². The standard InChI is InChI=1S/C44H46N8O4S/c1-50(2)39(33-21-24-57-27-33)43(54)52-23-8-12-37(52)41-46-26-35(48-41)31-19-15-29(16-20-31)28-13-17-30(18-14-28)34-25-45-40(47-34)36-11-7-22-51(36)42(53)38(49-44(55)56-3)32-9-5-4-6-10-32/h4-6,9-10,13-21,24-27,36-39H,7-8,11-12,22-23H2,1-3H3,(H,45,47)(H,46,48)(H,49,55)/t36-,37-,38+,39?/m0/s1. The SMILES string of the molecule is COC(=O)N[C@@H](C(=O)N1CCC[C@H]1c1ncc(-c2ccc(-c3ccc(-c4cnc([C@@H]5CCCN5C(=O)C(c5ccsc5)N(C)C)[nH]4)cc3)cc2)[nH]1)c1ccccc1. The van der Waals surface area contributed by atoms with Crippen molar-refractivity contribution in [1.29, 1.82) is 0 Å². The van der Waals surface area contributed by atoms with Crippen molar-refractivity contribution in [3.63, 3.8) is 0 Å². The zero-order valence-corrected chi connectivity index (χ0v) is 33.0. The summed E-state index contributed by atoms with van der Waals surface area (Å²) in [6.07, 6.45) is 6.42. The number of carbonyl (C=O) groups is 3. The molecule has 0 spiro atoms. The van der Waals surface area contributed by atoms with Gasteiger partial charge in [-0.15, -0.1) is 0 Å². The van der Waals surface area contributed by atoms with Crippen molar-refractivity contribution >= 4 is 29.2 Å². The first-order chi connectivity index (χ1) is 27.8. The van der Waals surface area contributed by atoms with E-state index in [4.69, 9.17) is 14.7 Å². The summed E-state index contributed by atoms with van der Waals surface area (Å²) in [5, 5.41) is 6.79. The van der Waals surface area contributed by atoms with Crippen LogP contribution in [0.25, 0.3) is 33.6 Å². The number of thiophene rings is 1. The van der Waals surface area contributed by atoms with Crippen molar-refractivity contribution in [2.24, 2.45) is 0 Å². The average Bonchev–Trinajstić information content (AvgIpc) is 4.09. The molecule has 8 rings (SSSR count). The van der Waals surface area contributed by atoms with E-state index in [2.05, 4.69) is 69.2 Å². The number of ether oxygens (including phenoxy) is 1. The van der Waals surface area contributed by atoms with Gasteiger partial charge in [-0.05, 0) is 90.0 Å². The zero-order valence-electron chi connectivity index (χ0n) is 32.2. The maximum atomic E-state index is 13.9. The highest BCUT2D eigenvalue weighted by atomic mass is 32.1. The number of H-pyrrole nitrogens is 2. The van der Waals surface area contributed by atoms with Gasteiger partial charge in [-0.2, -0.15) is 11.3 Å². The molecule has 0 saturated carbocycles. The maximum Gasteiger partial charge on any atom is 0.407 e. The van der Waals surface area contributed by atoms with Gasteiger partial charge in [0, 0.05) is 13.1 Å². The molecule has 13 heteroatoms. The molecule has 5 heterocycles. The molecule has 3 N–H and O–H groups in total. The minimum atomic E-state index is -0.870. The van der Waals surface area contributed by atoms with E-state index in [9.17, 15) is 14.4 Å². The number of likely N-dealkylation sites (N-methyl/N-ethyl adjacent to an activating group) is 1. The second kappa shape index (κ2) is 16.6. The average molecular weight is 783 g/mol. The predicted octanol–water partition coefficient (Wildman–Crippen LogP) is 7.92. The molecule has 12 nitrogen and oxygen atoms in total. The van der Waals surface area contributed by atoms with Crippen LogP contribution in [0.15, 0.2) is 108 Å². The Bertz CT molecular complexity index is 2300. The van der Waals surface area contributed by atoms with Crippen molar-refractivity contribution in [1.82, 2.24) is 40.0 Å². The number of rotatable bonds is 11. The number of imidazole rings is 2. The fourth-order valence-electron chi connectivity index (χ4n) is 8.14. The van der Waals surface area contributed by atoms with Crippen molar-refractivity contribution in [2.75, 3.05) is 34.3 Å². The Morgan fingerprint density at radius 2 is 1.26 bits per heavy atom. The Morgan fingerprint density at radius 3 is 1.75 bits per heavy atom. The van der Waals surface area contributed by atoms with Gasteiger partial charge in [0.2, 0.25) is 5.91 Å². The highest BCUT2D eigenvalue weighted by Crippen LogP contribution is 2.37. The number of hydrogen-bond donors (Lipinski definition) is 3. The molecule has 6 aromatic rings. The summed E-state index contributed by atoms with van der Waals surface area (Å²) in [5.41, 5.74) is 7.66. The first kappa shape index (κ1) is 37.9. The van der Waals surface area contributed by atoms with E-state index in [1.165, 1.54) is 7.11 Å². The third kappa shape index (κ3) is 7.85. The van der Waals surface area contributed by atoms with Gasteiger partial charge in [0.1, 0.15) is 23.7 Å². The summed E-state index contributed by atoms with van der Waals surface area (Å²) in [6, 6.07) is 26.4. The molecule has 2 fully saturated rings. The number of nitrogens with one attached hydrogen (secondary N) is 3. The van der Waals surface area contributed by atoms with E-state index < -0.39 is 12.1 Å². The van der Waals surface area contributed by atoms with Crippen molar-refractivity contribution in [3.8, 4) is 33.6 Å². The van der Waals surface area contributed by atoms with Crippen LogP contribution < -0.4 is 5.32 Å². The second-order valence-electron chi connectivity index (χ2n) is 14.8. The van der Waals surface area contributed by atoms with Crippen molar-refractivity contribution < 1.29 is 19.1 Å². The molecule has 2 aliphatic rings. The fourth-order valence-corrected chi connectivity index (χ4v) is 8.82. The zero-order chi connectivity index (χ0) is 39.5. The summed E-state index contributed by atoms with van der Waals surface area (Å²) in [5.74, 6) is 1.44. The number of alkyl carbamates (subject to hydrolysis) is 1. The normalized spacial score (nSPS) is 17.8. The highest BCUT2D eigenvalue weighted by molar-refractivity contribution is 7.08. The van der Waals surface area contributed by atoms with Gasteiger partial charge >= 0.3 is 6.09 Å². The summed E-state index contributed by atoms with van der Waals surface area (Å²) in [4.78, 5) is 62.2.